The third-order valence-corrected chi connectivity index (χ3v) is 7.35. The zero-order chi connectivity index (χ0) is 20.3. The van der Waals surface area contributed by atoms with Crippen LogP contribution in [0, 0.1) is 17.6 Å². The normalized spacial score (nSPS) is 18.2. The summed E-state index contributed by atoms with van der Waals surface area (Å²) in [5, 5.41) is 4.47. The molecule has 1 aromatic carbocycles. The summed E-state index contributed by atoms with van der Waals surface area (Å²) in [4.78, 5) is 16.7. The number of hydrogen-bond donors (Lipinski definition) is 1. The zero-order valence-corrected chi connectivity index (χ0v) is 17.0. The maximum absolute atomic E-state index is 13.9. The van der Waals surface area contributed by atoms with Crippen molar-refractivity contribution in [3.63, 3.8) is 0 Å². The van der Waals surface area contributed by atoms with Crippen molar-refractivity contribution < 1.29 is 22.0 Å². The predicted molar refractivity (Wildman–Crippen MR) is 104 cm³/mol. The van der Waals surface area contributed by atoms with Gasteiger partial charge in [0.1, 0.15) is 11.6 Å². The van der Waals surface area contributed by atoms with Crippen LogP contribution in [0.1, 0.15) is 26.2 Å². The van der Waals surface area contributed by atoms with Crippen molar-refractivity contribution in [2.24, 2.45) is 5.92 Å². The van der Waals surface area contributed by atoms with E-state index in [2.05, 4.69) is 10.3 Å². The van der Waals surface area contributed by atoms with E-state index in [1.807, 2.05) is 0 Å². The molecule has 0 aliphatic carbocycles. The lowest BCUT2D eigenvalue weighted by Crippen LogP contribution is -2.44. The maximum atomic E-state index is 13.9. The van der Waals surface area contributed by atoms with Crippen LogP contribution >= 0.6 is 11.3 Å². The highest BCUT2D eigenvalue weighted by Crippen LogP contribution is 2.28. The zero-order valence-electron chi connectivity index (χ0n) is 15.3. The molecule has 6 nitrogen and oxygen atoms in total. The molecule has 0 unspecified atom stereocenters. The summed E-state index contributed by atoms with van der Waals surface area (Å²) >= 11 is 1.10. The first-order chi connectivity index (χ1) is 13.3. The van der Waals surface area contributed by atoms with Gasteiger partial charge in [-0.05, 0) is 37.5 Å². The highest BCUT2D eigenvalue weighted by atomic mass is 32.2. The molecule has 1 saturated heterocycles. The van der Waals surface area contributed by atoms with Crippen molar-refractivity contribution in [1.29, 1.82) is 0 Å². The molecule has 10 heteroatoms. The van der Waals surface area contributed by atoms with Gasteiger partial charge in [-0.2, -0.15) is 0 Å². The van der Waals surface area contributed by atoms with Gasteiger partial charge in [0.2, 0.25) is 15.9 Å². The third kappa shape index (κ3) is 4.73. The molecule has 1 amide bonds. The van der Waals surface area contributed by atoms with Crippen LogP contribution in [-0.4, -0.2) is 42.5 Å². The molecular formula is C18H21F2N3O3S2. The first-order valence-corrected chi connectivity index (χ1v) is 11.5. The van der Waals surface area contributed by atoms with Crippen LogP contribution in [0.5, 0.6) is 0 Å². The highest BCUT2D eigenvalue weighted by Gasteiger charge is 2.32. The highest BCUT2D eigenvalue weighted by molar-refractivity contribution is 7.89. The Hall–Kier alpha value is -1.91. The van der Waals surface area contributed by atoms with Gasteiger partial charge in [-0.3, -0.25) is 4.79 Å². The minimum absolute atomic E-state index is 0.0197. The first-order valence-electron chi connectivity index (χ1n) is 9.00. The number of hydrogen-bond acceptors (Lipinski definition) is 5. The maximum Gasteiger partial charge on any atom is 0.230 e. The van der Waals surface area contributed by atoms with E-state index in [1.165, 1.54) is 9.69 Å². The fourth-order valence-electron chi connectivity index (χ4n) is 3.15. The standard InChI is InChI=1S/C18H21F2N3O3S2/c1-2-8-28(25,26)23-7-3-4-12(10-23)17(24)22-18-21-16(11-27-18)14-9-13(19)5-6-15(14)20/h5-6,9,11-12H,2-4,7-8,10H2,1H3,(H,21,22,24)/t12-/m0/s1. The molecule has 1 aromatic heterocycles. The number of anilines is 1. The Morgan fingerprint density at radius 1 is 1.39 bits per heavy atom. The second kappa shape index (κ2) is 8.62. The number of carbonyl (C=O) groups excluding carboxylic acids is 1. The summed E-state index contributed by atoms with van der Waals surface area (Å²) in [5.74, 6) is -1.91. The smallest absolute Gasteiger partial charge is 0.230 e. The molecule has 1 fully saturated rings. The number of halogens is 2. The lowest BCUT2D eigenvalue weighted by atomic mass is 9.99. The Morgan fingerprint density at radius 3 is 2.93 bits per heavy atom. The van der Waals surface area contributed by atoms with E-state index < -0.39 is 27.6 Å². The van der Waals surface area contributed by atoms with E-state index in [1.54, 1.807) is 6.92 Å². The summed E-state index contributed by atoms with van der Waals surface area (Å²) in [6.45, 7) is 2.37. The fraction of sp³-hybridized carbons (Fsp3) is 0.444. The molecule has 2 heterocycles. The number of rotatable bonds is 6. The number of aromatic nitrogens is 1. The van der Waals surface area contributed by atoms with Crippen molar-refractivity contribution >= 4 is 32.4 Å². The molecule has 1 atom stereocenters. The fourth-order valence-corrected chi connectivity index (χ4v) is 5.45. The van der Waals surface area contributed by atoms with Crippen LogP contribution in [0.25, 0.3) is 11.3 Å². The Morgan fingerprint density at radius 2 is 2.18 bits per heavy atom. The second-order valence-corrected chi connectivity index (χ2v) is 9.61. The van der Waals surface area contributed by atoms with Crippen LogP contribution < -0.4 is 5.32 Å². The third-order valence-electron chi connectivity index (χ3n) is 4.55. The Balaban J connectivity index is 1.68. The van der Waals surface area contributed by atoms with E-state index in [-0.39, 0.29) is 34.6 Å². The van der Waals surface area contributed by atoms with Crippen molar-refractivity contribution in [2.45, 2.75) is 26.2 Å². The van der Waals surface area contributed by atoms with Gasteiger partial charge in [-0.25, -0.2) is 26.5 Å². The molecule has 28 heavy (non-hydrogen) atoms. The summed E-state index contributed by atoms with van der Waals surface area (Å²) < 4.78 is 53.1. The minimum atomic E-state index is -3.35. The number of carbonyl (C=O) groups is 1. The number of thiazole rings is 1. The van der Waals surface area contributed by atoms with Crippen molar-refractivity contribution in [2.75, 3.05) is 24.2 Å². The van der Waals surface area contributed by atoms with Crippen molar-refractivity contribution in [1.82, 2.24) is 9.29 Å². The van der Waals surface area contributed by atoms with E-state index in [4.69, 9.17) is 0 Å². The number of piperidine rings is 1. The number of amides is 1. The van der Waals surface area contributed by atoms with Crippen LogP contribution in [0.4, 0.5) is 13.9 Å². The van der Waals surface area contributed by atoms with Gasteiger partial charge in [0.15, 0.2) is 5.13 Å². The number of benzene rings is 1. The summed E-state index contributed by atoms with van der Waals surface area (Å²) in [6.07, 6.45) is 1.72. The van der Waals surface area contributed by atoms with Gasteiger partial charge in [0.05, 0.1) is 17.4 Å². The van der Waals surface area contributed by atoms with Crippen LogP contribution in [-0.2, 0) is 14.8 Å². The Bertz CT molecular complexity index is 963. The average Bonchev–Trinajstić information content (AvgIpc) is 3.12. The second-order valence-electron chi connectivity index (χ2n) is 6.66. The van der Waals surface area contributed by atoms with E-state index in [9.17, 15) is 22.0 Å². The van der Waals surface area contributed by atoms with Crippen molar-refractivity contribution in [3.8, 4) is 11.3 Å². The molecule has 1 aliphatic heterocycles. The molecule has 1 aliphatic rings. The van der Waals surface area contributed by atoms with Crippen molar-refractivity contribution in [3.05, 3.63) is 35.2 Å². The van der Waals surface area contributed by atoms with Crippen LogP contribution in [0.3, 0.4) is 0 Å². The number of sulfonamides is 1. The molecule has 0 bridgehead atoms. The minimum Gasteiger partial charge on any atom is -0.302 e. The number of nitrogens with zero attached hydrogens (tertiary/aromatic N) is 2. The van der Waals surface area contributed by atoms with E-state index >= 15 is 0 Å². The van der Waals surface area contributed by atoms with Gasteiger partial charge in [-0.1, -0.05) is 6.92 Å². The SMILES string of the molecule is CCCS(=O)(=O)N1CCC[C@H](C(=O)Nc2nc(-c3cc(F)ccc3F)cs2)C1. The van der Waals surface area contributed by atoms with E-state index in [0.717, 1.165) is 29.5 Å². The van der Waals surface area contributed by atoms with Gasteiger partial charge >= 0.3 is 0 Å². The Kier molecular flexibility index (Phi) is 6.41. The molecule has 152 valence electrons. The first kappa shape index (κ1) is 20.8. The van der Waals surface area contributed by atoms with Gasteiger partial charge in [-0.15, -0.1) is 11.3 Å². The monoisotopic (exact) mass is 429 g/mol. The molecule has 0 spiro atoms. The summed E-state index contributed by atoms with van der Waals surface area (Å²) in [6, 6.07) is 3.10. The van der Waals surface area contributed by atoms with Gasteiger partial charge in [0.25, 0.3) is 0 Å². The molecule has 3 rings (SSSR count). The largest absolute Gasteiger partial charge is 0.302 e. The average molecular weight is 430 g/mol. The van der Waals surface area contributed by atoms with Gasteiger partial charge in [0, 0.05) is 24.0 Å². The molecule has 1 N–H and O–H groups in total. The summed E-state index contributed by atoms with van der Waals surface area (Å²) in [5.41, 5.74) is 0.249. The number of nitrogens with one attached hydrogen (secondary N) is 1. The van der Waals surface area contributed by atoms with Crippen LogP contribution in [0.15, 0.2) is 23.6 Å². The van der Waals surface area contributed by atoms with Gasteiger partial charge < -0.3 is 5.32 Å². The lowest BCUT2D eigenvalue weighted by Gasteiger charge is -2.30. The van der Waals surface area contributed by atoms with Crippen LogP contribution in [0.2, 0.25) is 0 Å². The molecule has 0 saturated carbocycles. The summed E-state index contributed by atoms with van der Waals surface area (Å²) in [7, 11) is -3.35. The Labute approximate surface area is 166 Å². The molecule has 2 aromatic rings. The quantitative estimate of drug-likeness (QED) is 0.763. The topological polar surface area (TPSA) is 79.4 Å². The molecule has 0 radical (unpaired) electrons. The molecular weight excluding hydrogens is 408 g/mol. The lowest BCUT2D eigenvalue weighted by molar-refractivity contribution is -0.120. The van der Waals surface area contributed by atoms with E-state index in [0.29, 0.717) is 25.8 Å². The predicted octanol–water partition coefficient (Wildman–Crippen LogP) is 3.48.